The number of halogens is 2. The molecule has 0 heterocycles. The lowest BCUT2D eigenvalue weighted by molar-refractivity contribution is 0.604. The van der Waals surface area contributed by atoms with Gasteiger partial charge in [-0.1, -0.05) is 0 Å². The maximum Gasteiger partial charge on any atom is 0.239 e. The fourth-order valence-corrected chi connectivity index (χ4v) is 3.01. The third kappa shape index (κ3) is 2.02. The van der Waals surface area contributed by atoms with Crippen LogP contribution in [0.3, 0.4) is 0 Å². The van der Waals surface area contributed by atoms with Crippen LogP contribution in [0.1, 0.15) is 0 Å². The minimum atomic E-state index is -3.88. The van der Waals surface area contributed by atoms with Crippen molar-refractivity contribution in [2.45, 2.75) is 0 Å². The summed E-state index contributed by atoms with van der Waals surface area (Å²) in [6, 6.07) is 0. The molecule has 0 amide bonds. The Hall–Kier alpha value is -0.310. The number of rotatable bonds is 1. The third-order valence-corrected chi connectivity index (χ3v) is 4.14. The van der Waals surface area contributed by atoms with E-state index in [0.29, 0.717) is 0 Å². The quantitative estimate of drug-likeness (QED) is 0.623. The van der Waals surface area contributed by atoms with Crippen LogP contribution in [0.5, 0.6) is 0 Å². The third-order valence-electron chi connectivity index (χ3n) is 1.49. The standard InChI is InChI=1S/C6H5Br2N3O2S/c7-2-1-3(14(11,12)13)4(8)6(10)5(2)9/h1,9-10H,(H2,11,12,13). The molecule has 0 saturated heterocycles. The van der Waals surface area contributed by atoms with E-state index >= 15 is 0 Å². The first-order valence-electron chi connectivity index (χ1n) is 3.23. The van der Waals surface area contributed by atoms with Gasteiger partial charge in [0.15, 0.2) is 0 Å². The van der Waals surface area contributed by atoms with Crippen molar-refractivity contribution < 1.29 is 8.42 Å². The molecule has 1 aliphatic rings. The van der Waals surface area contributed by atoms with Gasteiger partial charge in [0.2, 0.25) is 10.0 Å². The van der Waals surface area contributed by atoms with Crippen molar-refractivity contribution in [2.75, 3.05) is 0 Å². The summed E-state index contributed by atoms with van der Waals surface area (Å²) in [7, 11) is -3.88. The highest BCUT2D eigenvalue weighted by Gasteiger charge is 2.26. The van der Waals surface area contributed by atoms with Gasteiger partial charge in [-0.25, -0.2) is 13.6 Å². The topological polar surface area (TPSA) is 108 Å². The zero-order valence-electron chi connectivity index (χ0n) is 6.64. The van der Waals surface area contributed by atoms with Crippen LogP contribution in [0.25, 0.3) is 0 Å². The zero-order chi connectivity index (χ0) is 11.1. The van der Waals surface area contributed by atoms with E-state index in [1.807, 2.05) is 0 Å². The van der Waals surface area contributed by atoms with E-state index in [2.05, 4.69) is 31.9 Å². The van der Waals surface area contributed by atoms with Gasteiger partial charge in [-0.3, -0.25) is 10.8 Å². The van der Waals surface area contributed by atoms with E-state index in [4.69, 9.17) is 16.0 Å². The normalized spacial score (nSPS) is 18.6. The van der Waals surface area contributed by atoms with Crippen LogP contribution < -0.4 is 5.14 Å². The second-order valence-corrected chi connectivity index (χ2v) is 5.64. The van der Waals surface area contributed by atoms with Crippen LogP contribution in [0.15, 0.2) is 19.9 Å². The molecule has 0 spiro atoms. The smallest absolute Gasteiger partial charge is 0.239 e. The summed E-state index contributed by atoms with van der Waals surface area (Å²) in [6.45, 7) is 0. The number of hydrogen-bond donors (Lipinski definition) is 3. The summed E-state index contributed by atoms with van der Waals surface area (Å²) in [5.41, 5.74) is -0.312. The Morgan fingerprint density at radius 2 is 1.71 bits per heavy atom. The molecule has 5 nitrogen and oxygen atoms in total. The van der Waals surface area contributed by atoms with Crippen LogP contribution in [-0.2, 0) is 10.0 Å². The molecule has 8 heteroatoms. The molecule has 0 aromatic carbocycles. The molecule has 0 fully saturated rings. The zero-order valence-corrected chi connectivity index (χ0v) is 10.6. The summed E-state index contributed by atoms with van der Waals surface area (Å²) in [6.07, 6.45) is 1.19. The van der Waals surface area contributed by atoms with Gasteiger partial charge in [0.25, 0.3) is 0 Å². The molecule has 0 unspecified atom stereocenters. The van der Waals surface area contributed by atoms with Crippen LogP contribution >= 0.6 is 31.9 Å². The van der Waals surface area contributed by atoms with E-state index in [0.717, 1.165) is 0 Å². The van der Waals surface area contributed by atoms with Gasteiger partial charge in [0.1, 0.15) is 0 Å². The van der Waals surface area contributed by atoms with E-state index in [1.165, 1.54) is 6.08 Å². The van der Waals surface area contributed by atoms with Crippen molar-refractivity contribution in [3.63, 3.8) is 0 Å². The van der Waals surface area contributed by atoms with Gasteiger partial charge in [0.05, 0.1) is 20.8 Å². The van der Waals surface area contributed by atoms with Gasteiger partial charge in [0, 0.05) is 4.48 Å². The van der Waals surface area contributed by atoms with E-state index in [-0.39, 0.29) is 25.3 Å². The first kappa shape index (κ1) is 11.8. The Morgan fingerprint density at radius 3 is 2.14 bits per heavy atom. The summed E-state index contributed by atoms with van der Waals surface area (Å²) in [5.74, 6) is 0. The van der Waals surface area contributed by atoms with Crippen molar-refractivity contribution >= 4 is 53.3 Å². The van der Waals surface area contributed by atoms with Crippen molar-refractivity contribution in [2.24, 2.45) is 5.14 Å². The first-order chi connectivity index (χ1) is 6.25. The first-order valence-corrected chi connectivity index (χ1v) is 6.36. The SMILES string of the molecule is N=C1C(=N)C(Br)=C(S(N)(=O)=O)C=C1Br. The molecule has 0 atom stereocenters. The van der Waals surface area contributed by atoms with E-state index < -0.39 is 10.0 Å². The number of hydrogen-bond acceptors (Lipinski definition) is 4. The monoisotopic (exact) mass is 341 g/mol. The fourth-order valence-electron chi connectivity index (χ4n) is 0.810. The van der Waals surface area contributed by atoms with Gasteiger partial charge in [-0.05, 0) is 37.9 Å². The van der Waals surface area contributed by atoms with Crippen molar-refractivity contribution in [3.05, 3.63) is 19.9 Å². The summed E-state index contributed by atoms with van der Waals surface area (Å²) in [4.78, 5) is -0.203. The lowest BCUT2D eigenvalue weighted by Gasteiger charge is -2.13. The Balaban J connectivity index is 3.48. The van der Waals surface area contributed by atoms with Crippen molar-refractivity contribution in [1.82, 2.24) is 0 Å². The molecule has 4 N–H and O–H groups in total. The molecule has 1 rings (SSSR count). The molecule has 0 aliphatic heterocycles. The number of nitrogens with one attached hydrogen (secondary N) is 2. The molecular weight excluding hydrogens is 338 g/mol. The lowest BCUT2D eigenvalue weighted by atomic mass is 10.1. The van der Waals surface area contributed by atoms with Gasteiger partial charge in [-0.2, -0.15) is 0 Å². The highest BCUT2D eigenvalue weighted by Crippen LogP contribution is 2.28. The molecule has 0 bridgehead atoms. The predicted octanol–water partition coefficient (Wildman–Crippen LogP) is 1.21. The summed E-state index contributed by atoms with van der Waals surface area (Å²) >= 11 is 5.89. The van der Waals surface area contributed by atoms with Gasteiger partial charge >= 0.3 is 0 Å². The van der Waals surface area contributed by atoms with Crippen molar-refractivity contribution in [3.8, 4) is 0 Å². The van der Waals surface area contributed by atoms with Crippen LogP contribution in [0.2, 0.25) is 0 Å². The van der Waals surface area contributed by atoms with Crippen LogP contribution in [0, 0.1) is 10.8 Å². The number of sulfonamides is 1. The Bertz CT molecular complexity index is 485. The minimum absolute atomic E-state index is 0.00759. The predicted molar refractivity (Wildman–Crippen MR) is 61.5 cm³/mol. The van der Waals surface area contributed by atoms with E-state index in [1.54, 1.807) is 0 Å². The molecule has 76 valence electrons. The Labute approximate surface area is 97.4 Å². The molecular formula is C6H5Br2N3O2S. The average molecular weight is 343 g/mol. The largest absolute Gasteiger partial charge is 0.297 e. The van der Waals surface area contributed by atoms with Crippen LogP contribution in [-0.4, -0.2) is 19.8 Å². The van der Waals surface area contributed by atoms with Gasteiger partial charge < -0.3 is 0 Å². The number of primary sulfonamides is 1. The highest BCUT2D eigenvalue weighted by atomic mass is 79.9. The summed E-state index contributed by atoms with van der Waals surface area (Å²) in [5, 5.41) is 19.7. The molecule has 14 heavy (non-hydrogen) atoms. The van der Waals surface area contributed by atoms with Crippen molar-refractivity contribution in [1.29, 1.82) is 10.8 Å². The average Bonchev–Trinajstić information content (AvgIpc) is 2.06. The number of allylic oxidation sites excluding steroid dienone is 3. The van der Waals surface area contributed by atoms with E-state index in [9.17, 15) is 8.42 Å². The fraction of sp³-hybridized carbons (Fsp3) is 0. The summed E-state index contributed by atoms with van der Waals surface area (Å²) < 4.78 is 22.3. The van der Waals surface area contributed by atoms with Gasteiger partial charge in [-0.15, -0.1) is 0 Å². The Morgan fingerprint density at radius 1 is 1.21 bits per heavy atom. The second kappa shape index (κ2) is 3.69. The second-order valence-electron chi connectivity index (χ2n) is 2.47. The lowest BCUT2D eigenvalue weighted by Crippen LogP contribution is -2.23. The molecule has 0 aromatic heterocycles. The molecule has 0 saturated carbocycles. The molecule has 1 aliphatic carbocycles. The Kier molecular flexibility index (Phi) is 3.10. The molecule has 0 aromatic rings. The maximum absolute atomic E-state index is 11.1. The number of nitrogens with two attached hydrogens (primary N) is 1. The van der Waals surface area contributed by atoms with Crippen LogP contribution in [0.4, 0.5) is 0 Å². The highest BCUT2D eigenvalue weighted by molar-refractivity contribution is 9.12. The maximum atomic E-state index is 11.1. The molecule has 0 radical (unpaired) electrons. The minimum Gasteiger partial charge on any atom is -0.297 e.